The fourth-order valence-corrected chi connectivity index (χ4v) is 4.68. The van der Waals surface area contributed by atoms with Crippen molar-refractivity contribution in [2.45, 2.75) is 6.04 Å². The number of hydrogen-bond acceptors (Lipinski definition) is 8. The van der Waals surface area contributed by atoms with Crippen molar-refractivity contribution in [1.82, 2.24) is 19.9 Å². The second kappa shape index (κ2) is 9.05. The summed E-state index contributed by atoms with van der Waals surface area (Å²) in [6.07, 6.45) is 3.25. The third-order valence-electron chi connectivity index (χ3n) is 5.42. The number of nitrogens with two attached hydrogens (primary N) is 1. The zero-order chi connectivity index (χ0) is 23.7. The SMILES string of the molecule is COc1ccc(-c2nc(C(N)C(=O)c3nc4ccncc4[nH]3)sc2-c2ccc(OC)cc2)cc1. The Labute approximate surface area is 199 Å². The number of carbonyl (C=O) groups excluding carboxylic acids is 1. The molecule has 0 saturated heterocycles. The molecule has 3 aromatic heterocycles. The van der Waals surface area contributed by atoms with Crippen LogP contribution < -0.4 is 15.2 Å². The number of nitrogens with zero attached hydrogens (tertiary/aromatic N) is 3. The minimum absolute atomic E-state index is 0.183. The van der Waals surface area contributed by atoms with E-state index in [1.165, 1.54) is 11.3 Å². The Morgan fingerprint density at radius 3 is 2.21 bits per heavy atom. The minimum atomic E-state index is -0.970. The highest BCUT2D eigenvalue weighted by atomic mass is 32.1. The molecule has 0 aliphatic carbocycles. The Morgan fingerprint density at radius 1 is 0.941 bits per heavy atom. The van der Waals surface area contributed by atoms with Crippen molar-refractivity contribution in [3.05, 3.63) is 77.8 Å². The number of aromatic nitrogens is 4. The van der Waals surface area contributed by atoms with Gasteiger partial charge in [0.05, 0.1) is 42.0 Å². The van der Waals surface area contributed by atoms with Crippen molar-refractivity contribution < 1.29 is 14.3 Å². The third-order valence-corrected chi connectivity index (χ3v) is 6.61. The molecule has 0 aliphatic rings. The van der Waals surface area contributed by atoms with Gasteiger partial charge >= 0.3 is 0 Å². The van der Waals surface area contributed by atoms with Crippen LogP contribution in [0.25, 0.3) is 32.7 Å². The summed E-state index contributed by atoms with van der Waals surface area (Å²) in [4.78, 5) is 30.3. The number of benzene rings is 2. The van der Waals surface area contributed by atoms with E-state index < -0.39 is 6.04 Å². The van der Waals surface area contributed by atoms with Crippen LogP contribution in [0.4, 0.5) is 0 Å². The quantitative estimate of drug-likeness (QED) is 0.332. The van der Waals surface area contributed by atoms with Crippen LogP contribution in [0.2, 0.25) is 0 Å². The van der Waals surface area contributed by atoms with E-state index in [0.29, 0.717) is 16.0 Å². The number of rotatable bonds is 7. The van der Waals surface area contributed by atoms with Crippen LogP contribution >= 0.6 is 11.3 Å². The molecular weight excluding hydrogens is 450 g/mol. The number of carbonyl (C=O) groups is 1. The molecule has 8 nitrogen and oxygen atoms in total. The molecule has 1 unspecified atom stereocenters. The highest BCUT2D eigenvalue weighted by Gasteiger charge is 2.26. The first kappa shape index (κ1) is 21.7. The van der Waals surface area contributed by atoms with Gasteiger partial charge in [-0.3, -0.25) is 9.78 Å². The lowest BCUT2D eigenvalue weighted by Crippen LogP contribution is -2.22. The van der Waals surface area contributed by atoms with E-state index in [9.17, 15) is 4.79 Å². The fraction of sp³-hybridized carbons (Fsp3) is 0.120. The van der Waals surface area contributed by atoms with Gasteiger partial charge in [-0.15, -0.1) is 11.3 Å². The van der Waals surface area contributed by atoms with Gasteiger partial charge in [0.15, 0.2) is 5.82 Å². The number of methoxy groups -OCH3 is 2. The number of Topliss-reactive ketones (excluding diaryl/α,β-unsaturated/α-hetero) is 1. The highest BCUT2D eigenvalue weighted by Crippen LogP contribution is 2.39. The summed E-state index contributed by atoms with van der Waals surface area (Å²) >= 11 is 1.39. The molecule has 0 fully saturated rings. The average molecular weight is 472 g/mol. The number of nitrogens with one attached hydrogen (secondary N) is 1. The zero-order valence-electron chi connectivity index (χ0n) is 18.5. The van der Waals surface area contributed by atoms with Crippen molar-refractivity contribution >= 4 is 28.2 Å². The maximum atomic E-state index is 13.2. The molecule has 0 bridgehead atoms. The Hall–Kier alpha value is -4.08. The minimum Gasteiger partial charge on any atom is -0.497 e. The Kier molecular flexibility index (Phi) is 5.79. The normalized spacial score (nSPS) is 12.0. The van der Waals surface area contributed by atoms with E-state index in [4.69, 9.17) is 20.2 Å². The van der Waals surface area contributed by atoms with Gasteiger partial charge in [0, 0.05) is 11.8 Å². The van der Waals surface area contributed by atoms with Gasteiger partial charge in [-0.1, -0.05) is 0 Å². The number of ether oxygens (including phenoxy) is 2. The summed E-state index contributed by atoms with van der Waals surface area (Å²) in [5.74, 6) is 1.34. The van der Waals surface area contributed by atoms with Crippen molar-refractivity contribution in [1.29, 1.82) is 0 Å². The molecule has 0 amide bonds. The van der Waals surface area contributed by atoms with Gasteiger partial charge in [-0.05, 0) is 60.2 Å². The van der Waals surface area contributed by atoms with Gasteiger partial charge < -0.3 is 20.2 Å². The Balaban J connectivity index is 1.56. The van der Waals surface area contributed by atoms with Crippen LogP contribution in [0.15, 0.2) is 67.0 Å². The van der Waals surface area contributed by atoms with Gasteiger partial charge in [-0.2, -0.15) is 0 Å². The number of imidazole rings is 1. The van der Waals surface area contributed by atoms with E-state index in [1.54, 1.807) is 32.7 Å². The van der Waals surface area contributed by atoms with E-state index in [0.717, 1.165) is 33.2 Å². The lowest BCUT2D eigenvalue weighted by atomic mass is 10.1. The van der Waals surface area contributed by atoms with Crippen LogP contribution in [-0.4, -0.2) is 39.9 Å². The summed E-state index contributed by atoms with van der Waals surface area (Å²) in [5.41, 5.74) is 10.3. The maximum Gasteiger partial charge on any atom is 0.221 e. The van der Waals surface area contributed by atoms with Crippen molar-refractivity contribution in [2.24, 2.45) is 5.73 Å². The van der Waals surface area contributed by atoms with Crippen LogP contribution in [0, 0.1) is 0 Å². The van der Waals surface area contributed by atoms with Gasteiger partial charge in [0.25, 0.3) is 0 Å². The van der Waals surface area contributed by atoms with Gasteiger partial charge in [0.1, 0.15) is 22.5 Å². The number of thiazole rings is 1. The summed E-state index contributed by atoms with van der Waals surface area (Å²) in [6, 6.07) is 16.1. The lowest BCUT2D eigenvalue weighted by molar-refractivity contribution is 0.0952. The molecule has 5 rings (SSSR count). The van der Waals surface area contributed by atoms with Crippen LogP contribution in [0.5, 0.6) is 11.5 Å². The zero-order valence-corrected chi connectivity index (χ0v) is 19.3. The first-order chi connectivity index (χ1) is 16.6. The van der Waals surface area contributed by atoms with Crippen LogP contribution in [0.1, 0.15) is 21.7 Å². The Morgan fingerprint density at radius 2 is 1.59 bits per heavy atom. The molecule has 5 aromatic rings. The van der Waals surface area contributed by atoms with E-state index >= 15 is 0 Å². The first-order valence-electron chi connectivity index (χ1n) is 10.5. The number of hydrogen-bond donors (Lipinski definition) is 2. The summed E-state index contributed by atoms with van der Waals surface area (Å²) in [6.45, 7) is 0. The van der Waals surface area contributed by atoms with E-state index in [2.05, 4.69) is 15.0 Å². The van der Waals surface area contributed by atoms with Crippen molar-refractivity contribution in [2.75, 3.05) is 14.2 Å². The average Bonchev–Trinajstić information content (AvgIpc) is 3.53. The second-order valence-corrected chi connectivity index (χ2v) is 8.54. The van der Waals surface area contributed by atoms with E-state index in [1.807, 2.05) is 48.5 Å². The van der Waals surface area contributed by atoms with Crippen LogP contribution in [-0.2, 0) is 0 Å². The summed E-state index contributed by atoms with van der Waals surface area (Å²) in [5, 5.41) is 0.500. The number of H-pyrrole nitrogens is 1. The smallest absolute Gasteiger partial charge is 0.221 e. The number of fused-ring (bicyclic) bond motifs is 1. The van der Waals surface area contributed by atoms with Gasteiger partial charge in [-0.25, -0.2) is 9.97 Å². The molecular formula is C25H21N5O3S. The van der Waals surface area contributed by atoms with E-state index in [-0.39, 0.29) is 11.6 Å². The lowest BCUT2D eigenvalue weighted by Gasteiger charge is -2.05. The van der Waals surface area contributed by atoms with Crippen LogP contribution in [0.3, 0.4) is 0 Å². The monoisotopic (exact) mass is 471 g/mol. The van der Waals surface area contributed by atoms with Crippen molar-refractivity contribution in [3.63, 3.8) is 0 Å². The molecule has 3 heterocycles. The Bertz CT molecular complexity index is 1360. The number of aromatic amines is 1. The van der Waals surface area contributed by atoms with Crippen molar-refractivity contribution in [3.8, 4) is 33.2 Å². The molecule has 170 valence electrons. The highest BCUT2D eigenvalue weighted by molar-refractivity contribution is 7.16. The summed E-state index contributed by atoms with van der Waals surface area (Å²) in [7, 11) is 3.25. The topological polar surface area (TPSA) is 116 Å². The molecule has 34 heavy (non-hydrogen) atoms. The molecule has 3 N–H and O–H groups in total. The predicted octanol–water partition coefficient (Wildman–Crippen LogP) is 4.65. The maximum absolute atomic E-state index is 13.2. The molecule has 2 aromatic carbocycles. The molecule has 0 aliphatic heterocycles. The first-order valence-corrected chi connectivity index (χ1v) is 11.3. The molecule has 0 spiro atoms. The third kappa shape index (κ3) is 4.02. The van der Waals surface area contributed by atoms with Gasteiger partial charge in [0.2, 0.25) is 5.78 Å². The second-order valence-electron chi connectivity index (χ2n) is 7.51. The predicted molar refractivity (Wildman–Crippen MR) is 131 cm³/mol. The molecule has 9 heteroatoms. The number of ketones is 1. The number of pyridine rings is 1. The summed E-state index contributed by atoms with van der Waals surface area (Å²) < 4.78 is 10.6. The largest absolute Gasteiger partial charge is 0.497 e. The fourth-order valence-electron chi connectivity index (χ4n) is 3.59. The molecule has 0 saturated carbocycles. The molecule has 1 atom stereocenters. The standard InChI is InChI=1S/C25H21N5O3S/c1-32-16-7-3-14(4-8-16)21-23(15-5-9-17(33-2)10-6-15)34-25(30-21)20(26)22(31)24-28-18-11-12-27-13-19(18)29-24/h3-13,20H,26H2,1-2H3,(H,28,29). The molecule has 0 radical (unpaired) electrons.